The van der Waals surface area contributed by atoms with Gasteiger partial charge in [0.15, 0.2) is 0 Å². The normalized spacial score (nSPS) is 19.3. The Balaban J connectivity index is 1.74. The van der Waals surface area contributed by atoms with Gasteiger partial charge in [-0.3, -0.25) is 0 Å². The molecule has 17 heavy (non-hydrogen) atoms. The Morgan fingerprint density at radius 3 is 2.65 bits per heavy atom. The van der Waals surface area contributed by atoms with E-state index in [-0.39, 0.29) is 0 Å². The lowest BCUT2D eigenvalue weighted by Gasteiger charge is -2.11. The van der Waals surface area contributed by atoms with Crippen LogP contribution in [0.5, 0.6) is 5.75 Å². The first kappa shape index (κ1) is 12.4. The fraction of sp³-hybridized carbons (Fsp3) is 0.500. The summed E-state index contributed by atoms with van der Waals surface area (Å²) in [7, 11) is -1.41. The average molecular weight is 235 g/mol. The Labute approximate surface area is 102 Å². The van der Waals surface area contributed by atoms with Crippen LogP contribution in [0.25, 0.3) is 0 Å². The van der Waals surface area contributed by atoms with E-state index in [0.717, 1.165) is 18.7 Å². The third-order valence-corrected chi connectivity index (χ3v) is 3.08. The number of ether oxygens (including phenoxy) is 1. The molecule has 1 atom stereocenters. The second-order valence-corrected chi connectivity index (χ2v) is 4.37. The topological polar surface area (TPSA) is 61.7 Å². The van der Waals surface area contributed by atoms with Gasteiger partial charge in [0.25, 0.3) is 0 Å². The Hall–Kier alpha value is -1.04. The van der Waals surface area contributed by atoms with Crippen molar-refractivity contribution < 1.29 is 14.8 Å². The lowest BCUT2D eigenvalue weighted by atomic mass is 9.80. The quantitative estimate of drug-likeness (QED) is 0.623. The summed E-state index contributed by atoms with van der Waals surface area (Å²) in [6, 6.07) is 7.43. The average Bonchev–Trinajstić information content (AvgIpc) is 2.83. The Bertz CT molecular complexity index is 336. The first-order valence-corrected chi connectivity index (χ1v) is 6.08. The van der Waals surface area contributed by atoms with Crippen LogP contribution in [0.4, 0.5) is 0 Å². The predicted molar refractivity (Wildman–Crippen MR) is 67.4 cm³/mol. The second kappa shape index (κ2) is 6.05. The van der Waals surface area contributed by atoms with Crippen molar-refractivity contribution in [3.8, 4) is 5.75 Å². The van der Waals surface area contributed by atoms with Crippen molar-refractivity contribution in [3.05, 3.63) is 24.3 Å². The first-order chi connectivity index (χ1) is 8.25. The molecular weight excluding hydrogens is 217 g/mol. The van der Waals surface area contributed by atoms with Crippen molar-refractivity contribution in [2.24, 2.45) is 0 Å². The molecule has 1 aromatic carbocycles. The van der Waals surface area contributed by atoms with Gasteiger partial charge in [0.2, 0.25) is 0 Å². The highest BCUT2D eigenvalue weighted by atomic mass is 16.5. The van der Waals surface area contributed by atoms with E-state index in [0.29, 0.717) is 18.1 Å². The summed E-state index contributed by atoms with van der Waals surface area (Å²) < 4.78 is 5.60. The molecule has 0 aromatic heterocycles. The largest absolute Gasteiger partial charge is 0.494 e. The van der Waals surface area contributed by atoms with Crippen molar-refractivity contribution in [2.75, 3.05) is 13.2 Å². The highest BCUT2D eigenvalue weighted by Gasteiger charge is 2.13. The van der Waals surface area contributed by atoms with Crippen LogP contribution in [0, 0.1) is 0 Å². The summed E-state index contributed by atoms with van der Waals surface area (Å²) in [6.45, 7) is 1.81. The maximum atomic E-state index is 8.94. The SMILES string of the molecule is OB(O)c1ccc(OCCC2CCCN2)cc1. The van der Waals surface area contributed by atoms with Gasteiger partial charge in [-0.2, -0.15) is 0 Å². The maximum absolute atomic E-state index is 8.94. The van der Waals surface area contributed by atoms with E-state index >= 15 is 0 Å². The van der Waals surface area contributed by atoms with Crippen LogP contribution < -0.4 is 15.5 Å². The van der Waals surface area contributed by atoms with Crippen molar-refractivity contribution in [1.29, 1.82) is 0 Å². The summed E-state index contributed by atoms with van der Waals surface area (Å²) in [6.07, 6.45) is 3.51. The van der Waals surface area contributed by atoms with Crippen LogP contribution in [0.2, 0.25) is 0 Å². The minimum atomic E-state index is -1.41. The number of hydrogen-bond donors (Lipinski definition) is 3. The van der Waals surface area contributed by atoms with Gasteiger partial charge in [-0.15, -0.1) is 0 Å². The molecule has 92 valence electrons. The molecule has 1 aliphatic rings. The fourth-order valence-electron chi connectivity index (χ4n) is 2.06. The molecule has 0 bridgehead atoms. The van der Waals surface area contributed by atoms with Crippen LogP contribution in [-0.2, 0) is 0 Å². The van der Waals surface area contributed by atoms with Crippen molar-refractivity contribution >= 4 is 12.6 Å². The van der Waals surface area contributed by atoms with Crippen molar-refractivity contribution in [2.45, 2.75) is 25.3 Å². The van der Waals surface area contributed by atoms with Crippen LogP contribution in [0.15, 0.2) is 24.3 Å². The lowest BCUT2D eigenvalue weighted by Crippen LogP contribution is -2.29. The molecule has 2 rings (SSSR count). The Morgan fingerprint density at radius 2 is 2.06 bits per heavy atom. The molecule has 0 aliphatic carbocycles. The molecule has 3 N–H and O–H groups in total. The zero-order chi connectivity index (χ0) is 12.1. The summed E-state index contributed by atoms with van der Waals surface area (Å²) in [5.41, 5.74) is 0.481. The van der Waals surface area contributed by atoms with Crippen LogP contribution >= 0.6 is 0 Å². The van der Waals surface area contributed by atoms with E-state index in [1.165, 1.54) is 12.8 Å². The summed E-state index contributed by atoms with van der Waals surface area (Å²) >= 11 is 0. The molecule has 1 saturated heterocycles. The molecular formula is C12H18BNO3. The molecule has 1 aromatic rings. The molecule has 0 amide bonds. The predicted octanol–water partition coefficient (Wildman–Crippen LogP) is -0.113. The monoisotopic (exact) mass is 235 g/mol. The van der Waals surface area contributed by atoms with Gasteiger partial charge in [0, 0.05) is 6.04 Å². The minimum absolute atomic E-state index is 0.481. The molecule has 0 radical (unpaired) electrons. The van der Waals surface area contributed by atoms with E-state index in [1.807, 2.05) is 0 Å². The number of hydrogen-bond acceptors (Lipinski definition) is 4. The molecule has 1 aliphatic heterocycles. The highest BCUT2D eigenvalue weighted by molar-refractivity contribution is 6.58. The van der Waals surface area contributed by atoms with Crippen molar-refractivity contribution in [1.82, 2.24) is 5.32 Å². The Kier molecular flexibility index (Phi) is 4.42. The van der Waals surface area contributed by atoms with Crippen molar-refractivity contribution in [3.63, 3.8) is 0 Å². The van der Waals surface area contributed by atoms with Gasteiger partial charge in [-0.1, -0.05) is 12.1 Å². The standard InChI is InChI=1S/C12H18BNO3/c15-13(16)10-3-5-12(6-4-10)17-9-7-11-2-1-8-14-11/h3-6,11,14-16H,1-2,7-9H2. The second-order valence-electron chi connectivity index (χ2n) is 4.37. The molecule has 4 nitrogen and oxygen atoms in total. The smallest absolute Gasteiger partial charge is 0.488 e. The third kappa shape index (κ3) is 3.73. The number of rotatable bonds is 5. The number of benzene rings is 1. The van der Waals surface area contributed by atoms with Gasteiger partial charge in [-0.05, 0) is 43.4 Å². The third-order valence-electron chi connectivity index (χ3n) is 3.08. The first-order valence-electron chi connectivity index (χ1n) is 6.08. The summed E-state index contributed by atoms with van der Waals surface area (Å²) in [5, 5.41) is 21.3. The molecule has 0 spiro atoms. The molecule has 1 fully saturated rings. The zero-order valence-electron chi connectivity index (χ0n) is 9.80. The van der Waals surface area contributed by atoms with E-state index < -0.39 is 7.12 Å². The van der Waals surface area contributed by atoms with E-state index in [2.05, 4.69) is 5.32 Å². The van der Waals surface area contributed by atoms with Crippen LogP contribution in [0.1, 0.15) is 19.3 Å². The van der Waals surface area contributed by atoms with E-state index in [4.69, 9.17) is 14.8 Å². The van der Waals surface area contributed by atoms with E-state index in [1.54, 1.807) is 24.3 Å². The molecule has 1 unspecified atom stereocenters. The summed E-state index contributed by atoms with van der Waals surface area (Å²) in [5.74, 6) is 0.771. The number of nitrogens with one attached hydrogen (secondary N) is 1. The van der Waals surface area contributed by atoms with Crippen LogP contribution in [-0.4, -0.2) is 36.4 Å². The fourth-order valence-corrected chi connectivity index (χ4v) is 2.06. The van der Waals surface area contributed by atoms with Gasteiger partial charge in [0.1, 0.15) is 5.75 Å². The van der Waals surface area contributed by atoms with Gasteiger partial charge >= 0.3 is 7.12 Å². The summed E-state index contributed by atoms with van der Waals surface area (Å²) in [4.78, 5) is 0. The minimum Gasteiger partial charge on any atom is -0.494 e. The molecule has 5 heteroatoms. The molecule has 1 heterocycles. The lowest BCUT2D eigenvalue weighted by molar-refractivity contribution is 0.292. The molecule has 0 saturated carbocycles. The van der Waals surface area contributed by atoms with Crippen LogP contribution in [0.3, 0.4) is 0 Å². The van der Waals surface area contributed by atoms with E-state index in [9.17, 15) is 0 Å². The van der Waals surface area contributed by atoms with Gasteiger partial charge < -0.3 is 20.1 Å². The maximum Gasteiger partial charge on any atom is 0.488 e. The zero-order valence-corrected chi connectivity index (χ0v) is 9.80. The Morgan fingerprint density at radius 1 is 1.29 bits per heavy atom. The van der Waals surface area contributed by atoms with Gasteiger partial charge in [0.05, 0.1) is 6.61 Å². The highest BCUT2D eigenvalue weighted by Crippen LogP contribution is 2.11. The van der Waals surface area contributed by atoms with Gasteiger partial charge in [-0.25, -0.2) is 0 Å².